The largest absolute Gasteiger partial charge is 0.459 e. The first kappa shape index (κ1) is 19.3. The van der Waals surface area contributed by atoms with Gasteiger partial charge in [-0.05, 0) is 11.8 Å². The van der Waals surface area contributed by atoms with E-state index in [1.165, 1.54) is 0 Å². The third-order valence-electron chi connectivity index (χ3n) is 4.27. The number of hydrogen-bond donors (Lipinski definition) is 0. The van der Waals surface area contributed by atoms with Gasteiger partial charge < -0.3 is 18.9 Å². The van der Waals surface area contributed by atoms with Gasteiger partial charge in [0.05, 0.1) is 13.2 Å². The molecule has 6 nitrogen and oxygen atoms in total. The van der Waals surface area contributed by atoms with Gasteiger partial charge in [0.1, 0.15) is 12.5 Å². The summed E-state index contributed by atoms with van der Waals surface area (Å²) >= 11 is 0. The van der Waals surface area contributed by atoms with E-state index in [4.69, 9.17) is 18.9 Å². The normalized spacial score (nSPS) is 15.4. The molecule has 0 fully saturated rings. The predicted molar refractivity (Wildman–Crippen MR) is 84.1 cm³/mol. The average Bonchev–Trinajstić information content (AvgIpc) is 3.07. The molecule has 0 spiro atoms. The zero-order valence-corrected chi connectivity index (χ0v) is 14.5. The number of hydrogen-bond acceptors (Lipinski definition) is 6. The highest BCUT2D eigenvalue weighted by Gasteiger charge is 2.56. The first-order valence-electron chi connectivity index (χ1n) is 8.38. The second-order valence-corrected chi connectivity index (χ2v) is 5.69. The summed E-state index contributed by atoms with van der Waals surface area (Å²) in [5.74, 6) is -3.41. The maximum Gasteiger partial charge on any atom is 0.452 e. The number of esters is 2. The van der Waals surface area contributed by atoms with Crippen LogP contribution in [0.3, 0.4) is 0 Å². The third kappa shape index (κ3) is 4.88. The standard InChI is InChI=1S/C17H28O6/c1-5-13(6-2)11-20-15(18)17(22-9-10-23-17)16(19)21-12-14(7-3)8-4/h9-10,13-14H,5-8,11-12H2,1-4H3. The van der Waals surface area contributed by atoms with Crippen LogP contribution in [0.1, 0.15) is 53.4 Å². The predicted octanol–water partition coefficient (Wildman–Crippen LogP) is 3.16. The molecule has 23 heavy (non-hydrogen) atoms. The molecule has 1 aliphatic rings. The second-order valence-electron chi connectivity index (χ2n) is 5.69. The molecule has 1 rings (SSSR count). The fourth-order valence-electron chi connectivity index (χ4n) is 2.18. The highest BCUT2D eigenvalue weighted by molar-refractivity contribution is 6.02. The van der Waals surface area contributed by atoms with Crippen molar-refractivity contribution in [2.24, 2.45) is 11.8 Å². The zero-order valence-electron chi connectivity index (χ0n) is 14.5. The molecular weight excluding hydrogens is 300 g/mol. The van der Waals surface area contributed by atoms with Gasteiger partial charge in [-0.1, -0.05) is 53.4 Å². The first-order chi connectivity index (χ1) is 11.0. The van der Waals surface area contributed by atoms with Crippen molar-refractivity contribution in [3.05, 3.63) is 12.5 Å². The smallest absolute Gasteiger partial charge is 0.452 e. The lowest BCUT2D eigenvalue weighted by molar-refractivity contribution is -0.218. The summed E-state index contributed by atoms with van der Waals surface area (Å²) in [6.07, 6.45) is 5.84. The third-order valence-corrected chi connectivity index (χ3v) is 4.27. The summed E-state index contributed by atoms with van der Waals surface area (Å²) in [5, 5.41) is 0. The van der Waals surface area contributed by atoms with Gasteiger partial charge in [0.15, 0.2) is 0 Å². The van der Waals surface area contributed by atoms with E-state index in [1.54, 1.807) is 0 Å². The van der Waals surface area contributed by atoms with Crippen LogP contribution >= 0.6 is 0 Å². The Hall–Kier alpha value is -1.72. The van der Waals surface area contributed by atoms with E-state index in [1.807, 2.05) is 27.7 Å². The van der Waals surface area contributed by atoms with E-state index in [9.17, 15) is 9.59 Å². The van der Waals surface area contributed by atoms with Gasteiger partial charge in [0.25, 0.3) is 0 Å². The molecule has 0 radical (unpaired) electrons. The van der Waals surface area contributed by atoms with Crippen LogP contribution in [0.2, 0.25) is 0 Å². The maximum absolute atomic E-state index is 12.3. The quantitative estimate of drug-likeness (QED) is 0.453. The Morgan fingerprint density at radius 2 is 1.17 bits per heavy atom. The van der Waals surface area contributed by atoms with Gasteiger partial charge in [-0.2, -0.15) is 0 Å². The van der Waals surface area contributed by atoms with Gasteiger partial charge in [-0.25, -0.2) is 9.59 Å². The summed E-state index contributed by atoms with van der Waals surface area (Å²) in [6.45, 7) is 8.52. The van der Waals surface area contributed by atoms with Crippen molar-refractivity contribution in [3.63, 3.8) is 0 Å². The molecule has 0 bridgehead atoms. The van der Waals surface area contributed by atoms with E-state index in [2.05, 4.69) is 0 Å². The molecule has 0 atom stereocenters. The molecule has 1 heterocycles. The Morgan fingerprint density at radius 3 is 1.48 bits per heavy atom. The zero-order chi connectivity index (χ0) is 17.3. The number of rotatable bonds is 10. The molecule has 0 saturated carbocycles. The fraction of sp³-hybridized carbons (Fsp3) is 0.765. The summed E-state index contributed by atoms with van der Waals surface area (Å²) in [4.78, 5) is 24.6. The number of carbonyl (C=O) groups is 2. The monoisotopic (exact) mass is 328 g/mol. The lowest BCUT2D eigenvalue weighted by Crippen LogP contribution is -2.50. The summed E-state index contributed by atoms with van der Waals surface area (Å²) in [6, 6.07) is 0. The van der Waals surface area contributed by atoms with Crippen LogP contribution in [0.4, 0.5) is 0 Å². The van der Waals surface area contributed by atoms with Crippen molar-refractivity contribution in [2.75, 3.05) is 13.2 Å². The van der Waals surface area contributed by atoms with Gasteiger partial charge in [-0.3, -0.25) is 0 Å². The lowest BCUT2D eigenvalue weighted by atomic mass is 10.1. The van der Waals surface area contributed by atoms with Gasteiger partial charge >= 0.3 is 17.7 Å². The van der Waals surface area contributed by atoms with E-state index < -0.39 is 17.7 Å². The molecule has 0 aliphatic carbocycles. The Balaban J connectivity index is 2.66. The Morgan fingerprint density at radius 1 is 0.826 bits per heavy atom. The minimum atomic E-state index is -2.15. The van der Waals surface area contributed by atoms with Gasteiger partial charge in [0, 0.05) is 0 Å². The van der Waals surface area contributed by atoms with E-state index in [0.717, 1.165) is 38.2 Å². The minimum absolute atomic E-state index is 0.222. The Labute approximate surface area is 138 Å². The van der Waals surface area contributed by atoms with Crippen LogP contribution < -0.4 is 0 Å². The van der Waals surface area contributed by atoms with Gasteiger partial charge in [0.2, 0.25) is 0 Å². The number of ether oxygens (including phenoxy) is 4. The molecule has 6 heteroatoms. The molecule has 0 amide bonds. The van der Waals surface area contributed by atoms with Crippen LogP contribution in [0.5, 0.6) is 0 Å². The van der Waals surface area contributed by atoms with E-state index in [0.29, 0.717) is 0 Å². The molecule has 0 N–H and O–H groups in total. The van der Waals surface area contributed by atoms with Crippen LogP contribution in [-0.2, 0) is 28.5 Å². The van der Waals surface area contributed by atoms with Crippen LogP contribution in [0.25, 0.3) is 0 Å². The molecule has 0 aromatic rings. The van der Waals surface area contributed by atoms with Crippen molar-refractivity contribution in [2.45, 2.75) is 59.2 Å². The maximum atomic E-state index is 12.3. The Bertz CT molecular complexity index is 371. The van der Waals surface area contributed by atoms with Gasteiger partial charge in [-0.15, -0.1) is 0 Å². The fourth-order valence-corrected chi connectivity index (χ4v) is 2.18. The van der Waals surface area contributed by atoms with Crippen molar-refractivity contribution in [1.29, 1.82) is 0 Å². The molecule has 0 aromatic heterocycles. The highest BCUT2D eigenvalue weighted by atomic mass is 16.8. The van der Waals surface area contributed by atoms with E-state index >= 15 is 0 Å². The van der Waals surface area contributed by atoms with E-state index in [-0.39, 0.29) is 25.0 Å². The molecule has 1 aliphatic heterocycles. The van der Waals surface area contributed by atoms with Crippen LogP contribution in [-0.4, -0.2) is 30.9 Å². The molecule has 0 saturated heterocycles. The SMILES string of the molecule is CCC(CC)COC(=O)C1(C(=O)OCC(CC)CC)OC=CO1. The van der Waals surface area contributed by atoms with Crippen molar-refractivity contribution < 1.29 is 28.5 Å². The lowest BCUT2D eigenvalue weighted by Gasteiger charge is -2.25. The summed E-state index contributed by atoms with van der Waals surface area (Å²) in [7, 11) is 0. The van der Waals surface area contributed by atoms with Crippen molar-refractivity contribution in [1.82, 2.24) is 0 Å². The topological polar surface area (TPSA) is 71.1 Å². The Kier molecular flexibility index (Phi) is 7.92. The highest BCUT2D eigenvalue weighted by Crippen LogP contribution is 2.25. The van der Waals surface area contributed by atoms with Crippen molar-refractivity contribution in [3.8, 4) is 0 Å². The number of carbonyl (C=O) groups excluding carboxylic acids is 2. The second kappa shape index (κ2) is 9.43. The van der Waals surface area contributed by atoms with Crippen molar-refractivity contribution >= 4 is 11.9 Å². The molecule has 0 unspecified atom stereocenters. The average molecular weight is 328 g/mol. The molecule has 132 valence electrons. The molecular formula is C17H28O6. The molecule has 0 aromatic carbocycles. The minimum Gasteiger partial charge on any atom is -0.459 e. The summed E-state index contributed by atoms with van der Waals surface area (Å²) < 4.78 is 20.7. The first-order valence-corrected chi connectivity index (χ1v) is 8.38. The van der Waals surface area contributed by atoms with Crippen LogP contribution in [0.15, 0.2) is 12.5 Å². The summed E-state index contributed by atoms with van der Waals surface area (Å²) in [5.41, 5.74) is 0. The van der Waals surface area contributed by atoms with Crippen LogP contribution in [0, 0.1) is 11.8 Å².